The van der Waals surface area contributed by atoms with Crippen molar-refractivity contribution in [3.8, 4) is 0 Å². The van der Waals surface area contributed by atoms with Gasteiger partial charge in [0.25, 0.3) is 0 Å². The molecule has 12 heteroatoms. The second-order valence-corrected chi connectivity index (χ2v) is 151. The highest BCUT2D eigenvalue weighted by Gasteiger charge is 2.82. The highest BCUT2D eigenvalue weighted by molar-refractivity contribution is 8.36. The van der Waals surface area contributed by atoms with Crippen LogP contribution in [0.3, 0.4) is 0 Å². The van der Waals surface area contributed by atoms with Gasteiger partial charge in [0.05, 0.1) is 0 Å². The molecule has 0 N–H and O–H groups in total. The van der Waals surface area contributed by atoms with Gasteiger partial charge in [-0.1, -0.05) is 157 Å². The third-order valence-electron chi connectivity index (χ3n) is 8.81. The lowest BCUT2D eigenvalue weighted by molar-refractivity contribution is 1.75. The second-order valence-electron chi connectivity index (χ2n) is 20.2. The molecule has 0 aromatic carbocycles. The Kier molecular flexibility index (Phi) is 11.5. The first-order valence-corrected chi connectivity index (χ1v) is 60.8. The van der Waals surface area contributed by atoms with Crippen molar-refractivity contribution in [1.82, 2.24) is 0 Å². The zero-order valence-electron chi connectivity index (χ0n) is 30.0. The summed E-state index contributed by atoms with van der Waals surface area (Å²) in [5, 5.41) is 0. The molecule has 0 amide bonds. The van der Waals surface area contributed by atoms with Crippen LogP contribution in [0.5, 0.6) is 0 Å². The Balaban J connectivity index is 9.36. The van der Waals surface area contributed by atoms with Gasteiger partial charge >= 0.3 is 0 Å². The lowest BCUT2D eigenvalue weighted by Gasteiger charge is -2.77. The molecule has 216 valence electrons. The van der Waals surface area contributed by atoms with Crippen LogP contribution in [0.25, 0.3) is 0 Å². The molecular weight excluding hydrogens is 625 g/mol. The van der Waals surface area contributed by atoms with Gasteiger partial charge in [-0.3, -0.25) is 0 Å². The second kappa shape index (κ2) is 10.7. The molecule has 0 bridgehead atoms. The minimum Gasteiger partial charge on any atom is -0.0721 e. The molecule has 0 fully saturated rings. The SMILES string of the molecule is C[Si](C)(C)[Si]([Si](C)(C)C)[Si]([Si](C)(C)C)([Si](C)(C)C)[Si]([Si]([Si](C)(C)C)[Si](C)(C)C)([Si](C)(C)C)[Si](C)(C)C. The van der Waals surface area contributed by atoms with Gasteiger partial charge in [0.2, 0.25) is 0 Å². The van der Waals surface area contributed by atoms with E-state index in [-0.39, 0.29) is 14.7 Å². The summed E-state index contributed by atoms with van der Waals surface area (Å²) in [6.07, 6.45) is -3.10. The monoisotopic (exact) mass is 696 g/mol. The fraction of sp³-hybridized carbons (Fsp3) is 1.00. The fourth-order valence-corrected chi connectivity index (χ4v) is 699. The summed E-state index contributed by atoms with van der Waals surface area (Å²) in [6, 6.07) is 0. The maximum atomic E-state index is 3.03. The van der Waals surface area contributed by atoms with Crippen LogP contribution in [-0.2, 0) is 0 Å². The first kappa shape index (κ1) is 38.6. The Labute approximate surface area is 243 Å². The Morgan fingerprint density at radius 1 is 0.222 bits per heavy atom. The van der Waals surface area contributed by atoms with Crippen LogP contribution in [-0.4, -0.2) is 87.7 Å². The molecule has 0 saturated heterocycles. The maximum absolute atomic E-state index is 3.03. The third kappa shape index (κ3) is 6.64. The Bertz CT molecular complexity index is 629. The van der Waals surface area contributed by atoms with E-state index in [1.54, 1.807) is 0 Å². The van der Waals surface area contributed by atoms with E-state index in [1.165, 1.54) is 0 Å². The van der Waals surface area contributed by atoms with Crippen molar-refractivity contribution in [1.29, 1.82) is 0 Å². The Morgan fingerprint density at radius 2 is 0.333 bits per heavy atom. The van der Waals surface area contributed by atoms with E-state index in [9.17, 15) is 0 Å². The van der Waals surface area contributed by atoms with Gasteiger partial charge in [-0.15, -0.1) is 0 Å². The molecule has 0 saturated carbocycles. The minimum absolute atomic E-state index is 0.331. The zero-order chi connectivity index (χ0) is 30.2. The molecule has 0 aliphatic carbocycles. The minimum atomic E-state index is -1.55. The molecule has 0 aromatic rings. The van der Waals surface area contributed by atoms with Crippen molar-refractivity contribution in [2.45, 2.75) is 157 Å². The summed E-state index contributed by atoms with van der Waals surface area (Å²) >= 11 is 0. The average Bonchev–Trinajstić information content (AvgIpc) is 2.39. The van der Waals surface area contributed by atoms with Gasteiger partial charge in [-0.25, -0.2) is 0 Å². The molecular formula is C24H72Si12. The summed E-state index contributed by atoms with van der Waals surface area (Å²) in [7, 11) is -11.5. The lowest BCUT2D eigenvalue weighted by atomic mass is 11.8. The highest BCUT2D eigenvalue weighted by Crippen LogP contribution is 2.53. The first-order chi connectivity index (χ1) is 15.0. The van der Waals surface area contributed by atoms with Crippen LogP contribution in [0.2, 0.25) is 157 Å². The van der Waals surface area contributed by atoms with E-state index in [4.69, 9.17) is 0 Å². The van der Waals surface area contributed by atoms with Gasteiger partial charge in [-0.2, -0.15) is 0 Å². The van der Waals surface area contributed by atoms with E-state index >= 15 is 0 Å². The van der Waals surface area contributed by atoms with E-state index < -0.39 is 73.0 Å². The highest BCUT2D eigenvalue weighted by atomic mass is 30.6. The van der Waals surface area contributed by atoms with Crippen molar-refractivity contribution >= 4 is 87.7 Å². The number of rotatable bonds is 11. The predicted octanol–water partition coefficient (Wildman–Crippen LogP) is 9.44. The van der Waals surface area contributed by atoms with Gasteiger partial charge in [0.15, 0.2) is 0 Å². The fourth-order valence-electron chi connectivity index (χ4n) is 10.9. The molecule has 0 nitrogen and oxygen atoms in total. The molecule has 0 aliphatic heterocycles. The summed E-state index contributed by atoms with van der Waals surface area (Å²) in [6.45, 7) is 71.4. The number of hydrogen-bond acceptors (Lipinski definition) is 0. The van der Waals surface area contributed by atoms with Crippen molar-refractivity contribution in [2.75, 3.05) is 0 Å². The topological polar surface area (TPSA) is 0 Å². The molecule has 0 atom stereocenters. The van der Waals surface area contributed by atoms with Crippen LogP contribution in [0.4, 0.5) is 0 Å². The van der Waals surface area contributed by atoms with E-state index in [2.05, 4.69) is 157 Å². The zero-order valence-corrected chi connectivity index (χ0v) is 42.0. The molecule has 0 rings (SSSR count). The average molecular weight is 698 g/mol. The quantitative estimate of drug-likeness (QED) is 0.189. The van der Waals surface area contributed by atoms with Crippen molar-refractivity contribution < 1.29 is 0 Å². The molecule has 0 spiro atoms. The smallest absolute Gasteiger partial charge is 0.0298 e. The summed E-state index contributed by atoms with van der Waals surface area (Å²) in [5.41, 5.74) is 0. The van der Waals surface area contributed by atoms with Crippen molar-refractivity contribution in [2.24, 2.45) is 0 Å². The summed E-state index contributed by atoms with van der Waals surface area (Å²) in [5.74, 6) is 0. The van der Waals surface area contributed by atoms with Crippen LogP contribution >= 0.6 is 0 Å². The van der Waals surface area contributed by atoms with Gasteiger partial charge < -0.3 is 0 Å². The number of hydrogen-bond donors (Lipinski definition) is 0. The lowest BCUT2D eigenvalue weighted by Crippen LogP contribution is -3.10. The van der Waals surface area contributed by atoms with Crippen molar-refractivity contribution in [3.05, 3.63) is 0 Å². The van der Waals surface area contributed by atoms with E-state index in [0.29, 0.717) is 0 Å². The standard InChI is InChI=1S/C24H72Si12/c1-27(2,3)25(28(4,5)6)35(31(13,14)15,32(16,17)18)36(33(19,20)21,34(22,23)24)26(29(7,8)9)30(10,11)12/h1-24H3. The third-order valence-corrected chi connectivity index (χ3v) is 309. The molecule has 0 aromatic heterocycles. The molecule has 0 unspecified atom stereocenters. The largest absolute Gasteiger partial charge is 0.0721 e. The molecule has 0 heterocycles. The Hall–Kier alpha value is 2.60. The predicted molar refractivity (Wildman–Crippen MR) is 210 cm³/mol. The normalized spacial score (nSPS) is 16.8. The first-order valence-electron chi connectivity index (χ1n) is 14.8. The molecule has 2 radical (unpaired) electrons. The summed E-state index contributed by atoms with van der Waals surface area (Å²) in [4.78, 5) is 0. The van der Waals surface area contributed by atoms with E-state index in [1.807, 2.05) is 0 Å². The molecule has 0 aliphatic rings. The van der Waals surface area contributed by atoms with Gasteiger partial charge in [-0.05, 0) is 0 Å². The Morgan fingerprint density at radius 3 is 0.389 bits per heavy atom. The maximum Gasteiger partial charge on any atom is 0.0298 e. The van der Waals surface area contributed by atoms with Crippen molar-refractivity contribution in [3.63, 3.8) is 0 Å². The van der Waals surface area contributed by atoms with Crippen LogP contribution in [0.1, 0.15) is 0 Å². The van der Waals surface area contributed by atoms with Crippen LogP contribution in [0.15, 0.2) is 0 Å². The van der Waals surface area contributed by atoms with Gasteiger partial charge in [0.1, 0.15) is 0 Å². The van der Waals surface area contributed by atoms with E-state index in [0.717, 1.165) is 0 Å². The molecule has 36 heavy (non-hydrogen) atoms. The van der Waals surface area contributed by atoms with Crippen LogP contribution in [0, 0.1) is 0 Å². The summed E-state index contributed by atoms with van der Waals surface area (Å²) < 4.78 is 0. The van der Waals surface area contributed by atoms with Gasteiger partial charge in [0, 0.05) is 87.7 Å². The van der Waals surface area contributed by atoms with Crippen LogP contribution < -0.4 is 0 Å².